The number of thioether (sulfide) groups is 1. The molecule has 3 aromatic heterocycles. The van der Waals surface area contributed by atoms with Crippen molar-refractivity contribution in [3.63, 3.8) is 0 Å². The maximum atomic E-state index is 11.9. The second-order valence-corrected chi connectivity index (χ2v) is 6.71. The number of benzene rings is 1. The summed E-state index contributed by atoms with van der Waals surface area (Å²) < 4.78 is 5.35. The van der Waals surface area contributed by atoms with E-state index in [4.69, 9.17) is 4.42 Å². The van der Waals surface area contributed by atoms with Crippen molar-refractivity contribution < 1.29 is 4.42 Å². The van der Waals surface area contributed by atoms with Crippen LogP contribution in [0.5, 0.6) is 0 Å². The molecule has 0 radical (unpaired) electrons. The zero-order chi connectivity index (χ0) is 17.9. The molecule has 0 unspecified atom stereocenters. The minimum absolute atomic E-state index is 0.339. The predicted octanol–water partition coefficient (Wildman–Crippen LogP) is 3.83. The largest absolute Gasteiger partial charge is 0.423 e. The van der Waals surface area contributed by atoms with Crippen LogP contribution in [0.1, 0.15) is 18.1 Å². The Labute approximate surface area is 153 Å². The summed E-state index contributed by atoms with van der Waals surface area (Å²) in [7, 11) is 0. The Hall–Kier alpha value is -2.93. The summed E-state index contributed by atoms with van der Waals surface area (Å²) in [6.45, 7) is 2.07. The number of nitrogens with one attached hydrogen (secondary N) is 1. The highest BCUT2D eigenvalue weighted by Gasteiger charge is 2.10. The predicted molar refractivity (Wildman–Crippen MR) is 101 cm³/mol. The van der Waals surface area contributed by atoms with Crippen LogP contribution in [0.25, 0.3) is 22.4 Å². The first-order valence-electron chi connectivity index (χ1n) is 8.24. The third-order valence-electron chi connectivity index (χ3n) is 4.08. The lowest BCUT2D eigenvalue weighted by molar-refractivity contribution is 0.559. The van der Waals surface area contributed by atoms with E-state index >= 15 is 0 Å². The fraction of sp³-hybridized carbons (Fsp3) is 0.158. The van der Waals surface area contributed by atoms with E-state index < -0.39 is 0 Å². The van der Waals surface area contributed by atoms with Gasteiger partial charge in [-0.3, -0.25) is 10.1 Å². The molecule has 0 spiro atoms. The van der Waals surface area contributed by atoms with Crippen LogP contribution in [0.2, 0.25) is 0 Å². The SMILES string of the molecule is CCc1ccc2c(CSc3n[nH]c(-c4ccncc4)n3)cc(=O)oc2c1. The van der Waals surface area contributed by atoms with Gasteiger partial charge in [-0.15, -0.1) is 5.10 Å². The second kappa shape index (κ2) is 7.13. The molecule has 1 aromatic carbocycles. The fourth-order valence-electron chi connectivity index (χ4n) is 2.71. The Kier molecular flexibility index (Phi) is 4.53. The van der Waals surface area contributed by atoms with Crippen LogP contribution in [-0.2, 0) is 12.2 Å². The van der Waals surface area contributed by atoms with Gasteiger partial charge >= 0.3 is 5.63 Å². The molecule has 0 saturated carbocycles. The molecular formula is C19H16N4O2S. The number of pyridine rings is 1. The van der Waals surface area contributed by atoms with E-state index in [0.717, 1.165) is 28.5 Å². The molecule has 3 heterocycles. The van der Waals surface area contributed by atoms with Crippen molar-refractivity contribution in [1.82, 2.24) is 20.2 Å². The first kappa shape index (κ1) is 16.5. The zero-order valence-corrected chi connectivity index (χ0v) is 14.9. The average Bonchev–Trinajstić information content (AvgIpc) is 3.15. The zero-order valence-electron chi connectivity index (χ0n) is 14.1. The molecule has 0 atom stereocenters. The Morgan fingerprint density at radius 1 is 1.15 bits per heavy atom. The summed E-state index contributed by atoms with van der Waals surface area (Å²) >= 11 is 1.47. The van der Waals surface area contributed by atoms with E-state index in [-0.39, 0.29) is 5.63 Å². The van der Waals surface area contributed by atoms with Gasteiger partial charge in [0.15, 0.2) is 5.82 Å². The molecular weight excluding hydrogens is 348 g/mol. The van der Waals surface area contributed by atoms with Crippen LogP contribution in [0, 0.1) is 0 Å². The summed E-state index contributed by atoms with van der Waals surface area (Å²) in [5.74, 6) is 1.28. The minimum Gasteiger partial charge on any atom is -0.423 e. The quantitative estimate of drug-likeness (QED) is 0.428. The number of rotatable bonds is 5. The molecule has 6 nitrogen and oxygen atoms in total. The third kappa shape index (κ3) is 3.39. The molecule has 0 fully saturated rings. The Morgan fingerprint density at radius 2 is 2.00 bits per heavy atom. The van der Waals surface area contributed by atoms with E-state index in [1.165, 1.54) is 17.8 Å². The number of nitrogens with zero attached hydrogens (tertiary/aromatic N) is 3. The standard InChI is InChI=1S/C19H16N4O2S/c1-2-12-3-4-15-14(10-17(24)25-16(15)9-12)11-26-19-21-18(22-23-19)13-5-7-20-8-6-13/h3-10H,2,11H2,1H3,(H,21,22,23). The van der Waals surface area contributed by atoms with Gasteiger partial charge in [-0.2, -0.15) is 0 Å². The van der Waals surface area contributed by atoms with Gasteiger partial charge in [0.05, 0.1) is 0 Å². The normalized spacial score (nSPS) is 11.1. The van der Waals surface area contributed by atoms with Crippen molar-refractivity contribution in [3.8, 4) is 11.4 Å². The molecule has 0 bridgehead atoms. The van der Waals surface area contributed by atoms with Crippen molar-refractivity contribution in [2.24, 2.45) is 0 Å². The molecule has 0 amide bonds. The molecule has 4 aromatic rings. The molecule has 0 aliphatic carbocycles. The van der Waals surface area contributed by atoms with Crippen molar-refractivity contribution >= 4 is 22.7 Å². The summed E-state index contributed by atoms with van der Waals surface area (Å²) in [4.78, 5) is 20.4. The maximum absolute atomic E-state index is 11.9. The first-order chi connectivity index (χ1) is 12.7. The highest BCUT2D eigenvalue weighted by atomic mass is 32.2. The summed E-state index contributed by atoms with van der Waals surface area (Å²) in [6, 6.07) is 11.3. The summed E-state index contributed by atoms with van der Waals surface area (Å²) in [6.07, 6.45) is 4.32. The molecule has 7 heteroatoms. The molecule has 130 valence electrons. The summed E-state index contributed by atoms with van der Waals surface area (Å²) in [5.41, 5.74) is 3.27. The van der Waals surface area contributed by atoms with Crippen LogP contribution in [-0.4, -0.2) is 20.2 Å². The van der Waals surface area contributed by atoms with Crippen molar-refractivity contribution in [3.05, 3.63) is 70.3 Å². The van der Waals surface area contributed by atoms with E-state index in [9.17, 15) is 4.79 Å². The van der Waals surface area contributed by atoms with Crippen molar-refractivity contribution in [2.45, 2.75) is 24.3 Å². The monoisotopic (exact) mass is 364 g/mol. The number of H-pyrrole nitrogens is 1. The minimum atomic E-state index is -0.339. The van der Waals surface area contributed by atoms with Gasteiger partial charge in [0, 0.05) is 35.2 Å². The number of aryl methyl sites for hydroxylation is 1. The number of aromatic amines is 1. The lowest BCUT2D eigenvalue weighted by atomic mass is 10.1. The van der Waals surface area contributed by atoms with Crippen molar-refractivity contribution in [2.75, 3.05) is 0 Å². The van der Waals surface area contributed by atoms with Crippen LogP contribution < -0.4 is 5.63 Å². The summed E-state index contributed by atoms with van der Waals surface area (Å²) in [5, 5.41) is 8.75. The molecule has 0 aliphatic rings. The Morgan fingerprint density at radius 3 is 2.81 bits per heavy atom. The number of fused-ring (bicyclic) bond motifs is 1. The Bertz CT molecular complexity index is 1110. The molecule has 4 rings (SSSR count). The number of hydrogen-bond acceptors (Lipinski definition) is 6. The Balaban J connectivity index is 1.58. The van der Waals surface area contributed by atoms with Crippen LogP contribution in [0.15, 0.2) is 63.2 Å². The first-order valence-corrected chi connectivity index (χ1v) is 9.23. The molecule has 26 heavy (non-hydrogen) atoms. The van der Waals surface area contributed by atoms with Gasteiger partial charge in [-0.1, -0.05) is 30.8 Å². The molecule has 0 saturated heterocycles. The maximum Gasteiger partial charge on any atom is 0.336 e. The van der Waals surface area contributed by atoms with Crippen LogP contribution in [0.4, 0.5) is 0 Å². The van der Waals surface area contributed by atoms with Crippen LogP contribution >= 0.6 is 11.8 Å². The fourth-order valence-corrected chi connectivity index (χ4v) is 3.50. The average molecular weight is 364 g/mol. The lowest BCUT2D eigenvalue weighted by Gasteiger charge is -2.05. The van der Waals surface area contributed by atoms with Gasteiger partial charge in [0.25, 0.3) is 0 Å². The number of aromatic nitrogens is 4. The van der Waals surface area contributed by atoms with Gasteiger partial charge in [-0.05, 0) is 35.7 Å². The topological polar surface area (TPSA) is 84.7 Å². The van der Waals surface area contributed by atoms with E-state index in [0.29, 0.717) is 22.3 Å². The lowest BCUT2D eigenvalue weighted by Crippen LogP contribution is -2.00. The highest BCUT2D eigenvalue weighted by molar-refractivity contribution is 7.98. The van der Waals surface area contributed by atoms with E-state index in [1.54, 1.807) is 12.4 Å². The molecule has 1 N–H and O–H groups in total. The van der Waals surface area contributed by atoms with E-state index in [2.05, 4.69) is 33.2 Å². The van der Waals surface area contributed by atoms with Crippen molar-refractivity contribution in [1.29, 1.82) is 0 Å². The number of hydrogen-bond donors (Lipinski definition) is 1. The van der Waals surface area contributed by atoms with Gasteiger partial charge in [0.2, 0.25) is 5.16 Å². The van der Waals surface area contributed by atoms with Gasteiger partial charge in [0.1, 0.15) is 5.58 Å². The van der Waals surface area contributed by atoms with Gasteiger partial charge < -0.3 is 4.42 Å². The highest BCUT2D eigenvalue weighted by Crippen LogP contribution is 2.26. The van der Waals surface area contributed by atoms with Gasteiger partial charge in [-0.25, -0.2) is 9.78 Å². The van der Waals surface area contributed by atoms with Crippen LogP contribution in [0.3, 0.4) is 0 Å². The van der Waals surface area contributed by atoms with E-state index in [1.807, 2.05) is 24.3 Å². The second-order valence-electron chi connectivity index (χ2n) is 5.77. The molecule has 0 aliphatic heterocycles. The third-order valence-corrected chi connectivity index (χ3v) is 4.97. The smallest absolute Gasteiger partial charge is 0.336 e.